The second kappa shape index (κ2) is 15.8. The molecule has 3 aromatic rings. The maximum absolute atomic E-state index is 16.6. The number of hydrogen-bond acceptors (Lipinski definition) is 4. The number of aryl methyl sites for hydroxylation is 2. The molecule has 0 spiro atoms. The summed E-state index contributed by atoms with van der Waals surface area (Å²) in [5, 5.41) is 12.2. The number of alkyl halides is 5. The third-order valence-electron chi connectivity index (χ3n) is 10.4. The van der Waals surface area contributed by atoms with E-state index in [1.54, 1.807) is 18.7 Å². The van der Waals surface area contributed by atoms with E-state index in [2.05, 4.69) is 11.2 Å². The number of nitrogens with zero attached hydrogens (tertiary/aromatic N) is 2. The van der Waals surface area contributed by atoms with Crippen molar-refractivity contribution in [2.24, 2.45) is 11.8 Å². The molecule has 55 heavy (non-hydrogen) atoms. The number of pyridine rings is 1. The van der Waals surface area contributed by atoms with Gasteiger partial charge in [-0.25, -0.2) is 22.0 Å². The molecule has 1 aliphatic carbocycles. The summed E-state index contributed by atoms with van der Waals surface area (Å²) in [5.41, 5.74) is -3.72. The Morgan fingerprint density at radius 1 is 1.04 bits per heavy atom. The average Bonchev–Trinajstić information content (AvgIpc) is 3.68. The van der Waals surface area contributed by atoms with Crippen LogP contribution >= 0.6 is 0 Å². The normalized spacial score (nSPS) is 18.5. The molecule has 1 amide bonds. The van der Waals surface area contributed by atoms with Crippen LogP contribution < -0.4 is 10.9 Å². The number of carboxylic acids is 1. The van der Waals surface area contributed by atoms with Gasteiger partial charge in [0, 0.05) is 42.3 Å². The van der Waals surface area contributed by atoms with Crippen molar-refractivity contribution in [1.82, 2.24) is 14.8 Å². The first kappa shape index (κ1) is 41.5. The number of terminal acetylenes is 1. The molecule has 5 rings (SSSR count). The van der Waals surface area contributed by atoms with Crippen LogP contribution in [0.5, 0.6) is 0 Å². The van der Waals surface area contributed by atoms with Crippen LogP contribution in [-0.2, 0) is 15.8 Å². The van der Waals surface area contributed by atoms with E-state index >= 15 is 8.78 Å². The molecule has 1 aliphatic heterocycles. The number of likely N-dealkylation sites (tertiary alicyclic amines) is 1. The molecule has 0 bridgehead atoms. The first-order valence-electron chi connectivity index (χ1n) is 17.8. The summed E-state index contributed by atoms with van der Waals surface area (Å²) in [6, 6.07) is 0.129. The Kier molecular flexibility index (Phi) is 11.9. The number of aliphatic carboxylic acids is 1. The van der Waals surface area contributed by atoms with E-state index in [1.807, 2.05) is 0 Å². The van der Waals surface area contributed by atoms with E-state index in [0.29, 0.717) is 6.07 Å². The molecule has 2 fully saturated rings. The molecule has 0 radical (unpaired) electrons. The summed E-state index contributed by atoms with van der Waals surface area (Å²) < 4.78 is 118. The lowest BCUT2D eigenvalue weighted by molar-refractivity contribution is -0.139. The van der Waals surface area contributed by atoms with Crippen LogP contribution in [-0.4, -0.2) is 52.0 Å². The Morgan fingerprint density at radius 2 is 1.64 bits per heavy atom. The van der Waals surface area contributed by atoms with Crippen LogP contribution in [0.3, 0.4) is 0 Å². The van der Waals surface area contributed by atoms with Crippen molar-refractivity contribution in [1.29, 1.82) is 0 Å². The van der Waals surface area contributed by atoms with E-state index < -0.39 is 94.0 Å². The van der Waals surface area contributed by atoms with Gasteiger partial charge in [0.05, 0.1) is 23.6 Å². The van der Waals surface area contributed by atoms with Gasteiger partial charge in [0.1, 0.15) is 23.5 Å². The Labute approximate surface area is 312 Å². The van der Waals surface area contributed by atoms with Gasteiger partial charge in [0.15, 0.2) is 0 Å². The highest BCUT2D eigenvalue weighted by atomic mass is 19.4. The zero-order chi connectivity index (χ0) is 40.7. The van der Waals surface area contributed by atoms with Crippen molar-refractivity contribution in [3.8, 4) is 23.5 Å². The highest BCUT2D eigenvalue weighted by molar-refractivity contribution is 5.82. The molecule has 2 aliphatic rings. The van der Waals surface area contributed by atoms with Gasteiger partial charge in [-0.15, -0.1) is 6.42 Å². The fraction of sp³-hybridized carbons (Fsp3) is 0.475. The second-order valence-corrected chi connectivity index (χ2v) is 15.0. The zero-order valence-electron chi connectivity index (χ0n) is 30.6. The quantitative estimate of drug-likeness (QED) is 0.143. The topological polar surface area (TPSA) is 91.6 Å². The number of nitrogens with one attached hydrogen (secondary N) is 1. The summed E-state index contributed by atoms with van der Waals surface area (Å²) >= 11 is 0. The predicted molar refractivity (Wildman–Crippen MR) is 188 cm³/mol. The van der Waals surface area contributed by atoms with Crippen molar-refractivity contribution >= 4 is 11.9 Å². The Balaban J connectivity index is 1.56. The van der Waals surface area contributed by atoms with Crippen molar-refractivity contribution < 1.29 is 49.8 Å². The number of piperidine rings is 1. The van der Waals surface area contributed by atoms with Gasteiger partial charge >= 0.3 is 12.1 Å². The summed E-state index contributed by atoms with van der Waals surface area (Å²) in [4.78, 5) is 41.5. The lowest BCUT2D eigenvalue weighted by atomic mass is 9.87. The maximum Gasteiger partial charge on any atom is 0.416 e. The van der Waals surface area contributed by atoms with E-state index in [0.717, 1.165) is 29.0 Å². The average molecular weight is 780 g/mol. The molecule has 2 aromatic carbocycles. The lowest BCUT2D eigenvalue weighted by Gasteiger charge is -2.34. The van der Waals surface area contributed by atoms with Crippen molar-refractivity contribution in [3.63, 3.8) is 0 Å². The molecule has 2 heterocycles. The van der Waals surface area contributed by atoms with E-state index in [4.69, 9.17) is 6.42 Å². The highest BCUT2D eigenvalue weighted by Gasteiger charge is 2.57. The van der Waals surface area contributed by atoms with E-state index in [-0.39, 0.29) is 79.1 Å². The van der Waals surface area contributed by atoms with Gasteiger partial charge in [0.25, 0.3) is 11.5 Å². The number of carbonyl (C=O) groups is 2. The molecule has 0 unspecified atom stereocenters. The molecule has 2 N–H and O–H groups in total. The largest absolute Gasteiger partial charge is 0.481 e. The number of carbonyl (C=O) groups excluding carboxylic acids is 1. The number of aromatic nitrogens is 1. The standard InChI is InChI=1S/C40H41F8N3O4/c1-6-23-14-27(34-21(4)12-26(41)13-22(34)5)37(43)35(36(23)42)30(16-33(53)54)49-38(55)31(11-20(2)3)51-19-28(29(15-32(51)52)40(46,47)48)24-7-9-50(10-8-24)18-25-17-39(25,44)45/h1,12-15,19-20,24-25,30-31H,7-11,16-18H2,2-5H3,(H,49,55)(H,53,54)/t25-,30-,31-/m1/s1. The minimum Gasteiger partial charge on any atom is -0.481 e. The number of rotatable bonds is 12. The maximum atomic E-state index is 16.6. The molecular formula is C40H41F8N3O4. The number of carboxylic acid groups (broad SMARTS) is 1. The Hall–Kier alpha value is -4.71. The van der Waals surface area contributed by atoms with Crippen LogP contribution in [0.15, 0.2) is 35.3 Å². The van der Waals surface area contributed by atoms with Crippen LogP contribution in [0.2, 0.25) is 0 Å². The molecule has 7 nitrogen and oxygen atoms in total. The predicted octanol–water partition coefficient (Wildman–Crippen LogP) is 8.30. The Morgan fingerprint density at radius 3 is 2.15 bits per heavy atom. The minimum atomic E-state index is -4.96. The fourth-order valence-corrected chi connectivity index (χ4v) is 7.63. The van der Waals surface area contributed by atoms with Gasteiger partial charge < -0.3 is 19.9 Å². The van der Waals surface area contributed by atoms with Gasteiger partial charge in [-0.1, -0.05) is 19.8 Å². The number of hydrogen-bond donors (Lipinski definition) is 2. The number of halogens is 8. The second-order valence-electron chi connectivity index (χ2n) is 15.0. The van der Waals surface area contributed by atoms with E-state index in [1.165, 1.54) is 13.8 Å². The summed E-state index contributed by atoms with van der Waals surface area (Å²) in [7, 11) is 0. The van der Waals surface area contributed by atoms with Crippen LogP contribution in [0.4, 0.5) is 35.1 Å². The number of amides is 1. The molecule has 1 saturated heterocycles. The smallest absolute Gasteiger partial charge is 0.416 e. The summed E-state index contributed by atoms with van der Waals surface area (Å²) in [6.07, 6.45) is 0.387. The summed E-state index contributed by atoms with van der Waals surface area (Å²) in [5.74, 6) is -8.55. The first-order chi connectivity index (χ1) is 25.6. The molecular weight excluding hydrogens is 738 g/mol. The zero-order valence-corrected chi connectivity index (χ0v) is 30.6. The highest BCUT2D eigenvalue weighted by Crippen LogP contribution is 2.49. The molecule has 1 saturated carbocycles. The monoisotopic (exact) mass is 779 g/mol. The van der Waals surface area contributed by atoms with Crippen LogP contribution in [0, 0.1) is 55.5 Å². The van der Waals surface area contributed by atoms with Gasteiger partial charge in [-0.3, -0.25) is 14.4 Å². The van der Waals surface area contributed by atoms with Gasteiger partial charge in [0.2, 0.25) is 5.91 Å². The van der Waals surface area contributed by atoms with Crippen LogP contribution in [0.25, 0.3) is 11.1 Å². The van der Waals surface area contributed by atoms with Crippen LogP contribution in [0.1, 0.15) is 97.3 Å². The van der Waals surface area contributed by atoms with E-state index in [9.17, 15) is 45.8 Å². The number of benzene rings is 2. The van der Waals surface area contributed by atoms with Crippen molar-refractivity contribution in [3.05, 3.63) is 91.6 Å². The molecule has 3 atom stereocenters. The minimum absolute atomic E-state index is 0.107. The van der Waals surface area contributed by atoms with Gasteiger partial charge in [-0.05, 0) is 98.5 Å². The SMILES string of the molecule is C#Cc1cc(-c2c(C)cc(F)cc2C)c(F)c([C@@H](CC(=O)O)NC(=O)[C@@H](CC(C)C)n2cc(C3CCN(C[C@H]4CC4(F)F)CC3)c(C(F)(F)F)cc2=O)c1F. The first-order valence-corrected chi connectivity index (χ1v) is 17.8. The lowest BCUT2D eigenvalue weighted by Crippen LogP contribution is -2.41. The Bertz CT molecular complexity index is 2060. The van der Waals surface area contributed by atoms with Crippen molar-refractivity contribution in [2.45, 2.75) is 89.9 Å². The molecule has 296 valence electrons. The third kappa shape index (κ3) is 9.06. The third-order valence-corrected chi connectivity index (χ3v) is 10.4. The fourth-order valence-electron chi connectivity index (χ4n) is 7.63. The molecule has 1 aromatic heterocycles. The molecule has 15 heteroatoms. The van der Waals surface area contributed by atoms with Crippen molar-refractivity contribution in [2.75, 3.05) is 19.6 Å². The summed E-state index contributed by atoms with van der Waals surface area (Å²) in [6.45, 7) is 6.85. The van der Waals surface area contributed by atoms with Gasteiger partial charge in [-0.2, -0.15) is 13.2 Å².